The van der Waals surface area contributed by atoms with E-state index in [4.69, 9.17) is 0 Å². The summed E-state index contributed by atoms with van der Waals surface area (Å²) in [6, 6.07) is 10.3. The van der Waals surface area contributed by atoms with Gasteiger partial charge in [-0.3, -0.25) is 0 Å². The van der Waals surface area contributed by atoms with Gasteiger partial charge in [-0.25, -0.2) is 0 Å². The Bertz CT molecular complexity index is 395. The van der Waals surface area contributed by atoms with E-state index in [1.165, 1.54) is 8.79 Å². The second-order valence-corrected chi connectivity index (χ2v) is 5.80. The van der Waals surface area contributed by atoms with Crippen molar-refractivity contribution >= 4 is 35.0 Å². The van der Waals surface area contributed by atoms with E-state index in [1.807, 2.05) is 18.2 Å². The molecule has 0 saturated carbocycles. The monoisotopic (exact) mass is 274 g/mol. The maximum absolute atomic E-state index is 11.1. The molecule has 0 unspecified atom stereocenters. The van der Waals surface area contributed by atoms with Gasteiger partial charge in [0.2, 0.25) is 0 Å². The number of carbonyl (C=O) groups is 1. The number of hydrogen-bond donors (Lipinski definition) is 0. The third kappa shape index (κ3) is 1.33. The van der Waals surface area contributed by atoms with Crippen molar-refractivity contribution in [2.24, 2.45) is 0 Å². The first-order valence-corrected chi connectivity index (χ1v) is 6.10. The predicted molar refractivity (Wildman–Crippen MR) is 50.9 cm³/mol. The summed E-state index contributed by atoms with van der Waals surface area (Å²) >= 11 is -0.351. The molecule has 0 amide bonds. The molecule has 0 aliphatic carbocycles. The second kappa shape index (κ2) is 3.05. The number of rotatable bonds is 1. The van der Waals surface area contributed by atoms with Gasteiger partial charge in [-0.15, -0.1) is 0 Å². The minimum absolute atomic E-state index is 0.244. The van der Waals surface area contributed by atoms with Gasteiger partial charge in [-0.1, -0.05) is 0 Å². The SMILES string of the molecule is CC(=O)c1cc2ccccc2[te]1. The topological polar surface area (TPSA) is 17.1 Å². The summed E-state index contributed by atoms with van der Waals surface area (Å²) < 4.78 is 2.45. The van der Waals surface area contributed by atoms with Crippen LogP contribution in [0.25, 0.3) is 8.79 Å². The fourth-order valence-electron chi connectivity index (χ4n) is 1.16. The van der Waals surface area contributed by atoms with Gasteiger partial charge in [0.25, 0.3) is 0 Å². The molecule has 60 valence electrons. The van der Waals surface area contributed by atoms with Gasteiger partial charge >= 0.3 is 80.6 Å². The van der Waals surface area contributed by atoms with E-state index in [-0.39, 0.29) is 26.2 Å². The van der Waals surface area contributed by atoms with Crippen LogP contribution >= 0.6 is 0 Å². The molecule has 0 aliphatic heterocycles. The average Bonchev–Trinajstić information content (AvgIpc) is 2.46. The summed E-state index contributed by atoms with van der Waals surface area (Å²) in [5, 5.41) is 1.25. The summed E-state index contributed by atoms with van der Waals surface area (Å²) in [7, 11) is 0. The Labute approximate surface area is 80.6 Å². The number of Topliss-reactive ketones (excluding diaryl/α,β-unsaturated/α-hetero) is 1. The molecule has 2 aromatic rings. The van der Waals surface area contributed by atoms with Crippen molar-refractivity contribution in [3.05, 3.63) is 33.9 Å². The molecule has 0 atom stereocenters. The van der Waals surface area contributed by atoms with Crippen molar-refractivity contribution in [2.75, 3.05) is 0 Å². The fourth-order valence-corrected chi connectivity index (χ4v) is 3.89. The van der Waals surface area contributed by atoms with E-state index in [9.17, 15) is 4.79 Å². The van der Waals surface area contributed by atoms with Crippen LogP contribution in [-0.4, -0.2) is 26.2 Å². The van der Waals surface area contributed by atoms with Gasteiger partial charge in [0.1, 0.15) is 0 Å². The Morgan fingerprint density at radius 3 is 2.75 bits per heavy atom. The van der Waals surface area contributed by atoms with Crippen LogP contribution in [0.4, 0.5) is 0 Å². The molecule has 0 aliphatic rings. The van der Waals surface area contributed by atoms with Gasteiger partial charge in [0.15, 0.2) is 0 Å². The van der Waals surface area contributed by atoms with Crippen LogP contribution in [0.1, 0.15) is 15.3 Å². The van der Waals surface area contributed by atoms with Crippen LogP contribution in [0.15, 0.2) is 30.3 Å². The Kier molecular flexibility index (Phi) is 2.04. The van der Waals surface area contributed by atoms with Gasteiger partial charge < -0.3 is 0 Å². The third-order valence-corrected chi connectivity index (χ3v) is 5.25. The molecule has 0 spiro atoms. The van der Waals surface area contributed by atoms with Crippen molar-refractivity contribution < 1.29 is 4.79 Å². The molecule has 0 radical (unpaired) electrons. The molecule has 2 rings (SSSR count). The molecule has 0 bridgehead atoms. The average molecular weight is 272 g/mol. The zero-order chi connectivity index (χ0) is 8.55. The van der Waals surface area contributed by atoms with Crippen LogP contribution in [0.3, 0.4) is 0 Å². The number of hydrogen-bond acceptors (Lipinski definition) is 1. The third-order valence-electron chi connectivity index (χ3n) is 1.77. The van der Waals surface area contributed by atoms with Crippen molar-refractivity contribution in [3.8, 4) is 0 Å². The summed E-state index contributed by atoms with van der Waals surface area (Å²) in [6.45, 7) is 1.66. The first-order chi connectivity index (χ1) is 5.77. The van der Waals surface area contributed by atoms with Crippen molar-refractivity contribution in [2.45, 2.75) is 6.92 Å². The van der Waals surface area contributed by atoms with Gasteiger partial charge in [-0.05, 0) is 0 Å². The molecular formula is C10H8OTe. The van der Waals surface area contributed by atoms with Gasteiger partial charge in [0, 0.05) is 0 Å². The van der Waals surface area contributed by atoms with Gasteiger partial charge in [0.05, 0.1) is 0 Å². The molecule has 1 heterocycles. The molecule has 1 aromatic heterocycles. The molecule has 2 heteroatoms. The molecule has 0 fully saturated rings. The van der Waals surface area contributed by atoms with E-state index in [2.05, 4.69) is 12.1 Å². The zero-order valence-corrected chi connectivity index (χ0v) is 9.03. The maximum atomic E-state index is 11.1. The van der Waals surface area contributed by atoms with Gasteiger partial charge in [-0.2, -0.15) is 0 Å². The van der Waals surface area contributed by atoms with Crippen LogP contribution in [0, 0.1) is 0 Å². The van der Waals surface area contributed by atoms with E-state index in [0.29, 0.717) is 0 Å². The Morgan fingerprint density at radius 2 is 2.08 bits per heavy atom. The zero-order valence-electron chi connectivity index (χ0n) is 6.70. The Hall–Kier alpha value is -0.580. The van der Waals surface area contributed by atoms with E-state index in [0.717, 1.165) is 3.58 Å². The van der Waals surface area contributed by atoms with E-state index < -0.39 is 0 Å². The van der Waals surface area contributed by atoms with Crippen molar-refractivity contribution in [1.82, 2.24) is 0 Å². The van der Waals surface area contributed by atoms with E-state index >= 15 is 0 Å². The van der Waals surface area contributed by atoms with Crippen LogP contribution in [0.5, 0.6) is 0 Å². The van der Waals surface area contributed by atoms with Crippen LogP contribution < -0.4 is 0 Å². The van der Waals surface area contributed by atoms with Crippen LogP contribution in [0.2, 0.25) is 0 Å². The fraction of sp³-hybridized carbons (Fsp3) is 0.100. The number of fused-ring (bicyclic) bond motifs is 1. The van der Waals surface area contributed by atoms with Crippen molar-refractivity contribution in [1.29, 1.82) is 0 Å². The first kappa shape index (κ1) is 8.04. The standard InChI is InChI=1S/C10H8OTe/c1-7(11)10-6-8-4-2-3-5-9(8)12-10/h2-6H,1H3. The molecule has 12 heavy (non-hydrogen) atoms. The van der Waals surface area contributed by atoms with Crippen LogP contribution in [-0.2, 0) is 0 Å². The molecule has 0 N–H and O–H groups in total. The number of ketones is 1. The molecular weight excluding hydrogens is 264 g/mol. The van der Waals surface area contributed by atoms with Crippen molar-refractivity contribution in [3.63, 3.8) is 0 Å². The summed E-state index contributed by atoms with van der Waals surface area (Å²) in [5.41, 5.74) is 0. The predicted octanol–water partition coefficient (Wildman–Crippen LogP) is 2.10. The number of carbonyl (C=O) groups excluding carboxylic acids is 1. The summed E-state index contributed by atoms with van der Waals surface area (Å²) in [5.74, 6) is 0.244. The Balaban J connectivity index is 2.70. The quantitative estimate of drug-likeness (QED) is 0.573. The summed E-state index contributed by atoms with van der Waals surface area (Å²) in [4.78, 5) is 11.1. The number of benzene rings is 1. The summed E-state index contributed by atoms with van der Waals surface area (Å²) in [6.07, 6.45) is 0. The minimum atomic E-state index is -0.351. The molecule has 1 nitrogen and oxygen atoms in total. The Morgan fingerprint density at radius 1 is 1.33 bits per heavy atom. The molecule has 0 saturated heterocycles. The first-order valence-electron chi connectivity index (χ1n) is 3.77. The molecule has 1 aromatic carbocycles. The second-order valence-electron chi connectivity index (χ2n) is 2.70. The normalized spacial score (nSPS) is 10.4. The van der Waals surface area contributed by atoms with E-state index in [1.54, 1.807) is 6.92 Å².